The summed E-state index contributed by atoms with van der Waals surface area (Å²) in [7, 11) is 0. The fraction of sp³-hybridized carbons (Fsp3) is 0.500. The first-order valence-corrected chi connectivity index (χ1v) is 6.18. The summed E-state index contributed by atoms with van der Waals surface area (Å²) in [5.74, 6) is -0.305. The molecule has 0 bridgehead atoms. The zero-order valence-corrected chi connectivity index (χ0v) is 10.4. The Morgan fingerprint density at radius 1 is 1.44 bits per heavy atom. The summed E-state index contributed by atoms with van der Waals surface area (Å²) in [6, 6.07) is 4.69. The second-order valence-electron chi connectivity index (χ2n) is 4.40. The van der Waals surface area contributed by atoms with Crippen molar-refractivity contribution in [3.8, 4) is 0 Å². The van der Waals surface area contributed by atoms with Gasteiger partial charge in [-0.3, -0.25) is 0 Å². The summed E-state index contributed by atoms with van der Waals surface area (Å²) in [5.41, 5.74) is 4.77. The smallest absolute Gasteiger partial charge is 0.137 e. The Morgan fingerprint density at radius 2 is 2.12 bits per heavy atom. The van der Waals surface area contributed by atoms with E-state index in [-0.39, 0.29) is 24.7 Å². The van der Waals surface area contributed by atoms with Crippen LogP contribution in [0.3, 0.4) is 0 Å². The van der Waals surface area contributed by atoms with Crippen LogP contribution >= 0.6 is 15.9 Å². The Morgan fingerprint density at radius 3 is 2.69 bits per heavy atom. The topological polar surface area (TPSA) is 26.0 Å². The van der Waals surface area contributed by atoms with E-state index < -0.39 is 5.67 Å². The minimum Gasteiger partial charge on any atom is -0.328 e. The molecule has 0 aromatic heterocycles. The molecule has 1 unspecified atom stereocenters. The minimum absolute atomic E-state index is 0.000615. The molecule has 2 rings (SSSR count). The molecule has 0 aliphatic heterocycles. The van der Waals surface area contributed by atoms with Crippen LogP contribution in [0.1, 0.15) is 18.4 Å². The van der Waals surface area contributed by atoms with Crippen LogP contribution in [0.2, 0.25) is 0 Å². The van der Waals surface area contributed by atoms with Gasteiger partial charge in [-0.1, -0.05) is 12.1 Å². The molecule has 1 aromatic rings. The second-order valence-corrected chi connectivity index (χ2v) is 5.20. The van der Waals surface area contributed by atoms with Crippen molar-refractivity contribution in [2.24, 2.45) is 11.7 Å². The number of nitrogens with two attached hydrogens (primary N) is 1. The molecule has 0 heterocycles. The Bertz CT molecular complexity index is 393. The summed E-state index contributed by atoms with van der Waals surface area (Å²) in [6.45, 7) is 0.000615. The van der Waals surface area contributed by atoms with Crippen LogP contribution in [-0.2, 0) is 6.42 Å². The molecule has 1 atom stereocenters. The van der Waals surface area contributed by atoms with Gasteiger partial charge in [0, 0.05) is 13.0 Å². The molecule has 0 radical (unpaired) electrons. The van der Waals surface area contributed by atoms with Gasteiger partial charge < -0.3 is 5.73 Å². The maximum atomic E-state index is 14.4. The molecule has 1 fully saturated rings. The van der Waals surface area contributed by atoms with Crippen molar-refractivity contribution in [3.05, 3.63) is 34.1 Å². The number of hydrogen-bond acceptors (Lipinski definition) is 1. The van der Waals surface area contributed by atoms with E-state index in [0.717, 1.165) is 12.8 Å². The van der Waals surface area contributed by atoms with Crippen molar-refractivity contribution in [3.63, 3.8) is 0 Å². The van der Waals surface area contributed by atoms with Crippen molar-refractivity contribution in [2.45, 2.75) is 24.9 Å². The number of rotatable bonds is 4. The van der Waals surface area contributed by atoms with E-state index in [2.05, 4.69) is 15.9 Å². The van der Waals surface area contributed by atoms with Gasteiger partial charge in [0.05, 0.1) is 4.47 Å². The second kappa shape index (κ2) is 4.41. The van der Waals surface area contributed by atoms with E-state index in [1.807, 2.05) is 0 Å². The standard InChI is InChI=1S/C12H14BrF2N/c13-11-8(2-1-3-10(11)14)6-12(15,7-16)9-4-5-9/h1-3,9H,4-7,16H2. The lowest BCUT2D eigenvalue weighted by Gasteiger charge is -2.24. The van der Waals surface area contributed by atoms with Crippen molar-refractivity contribution >= 4 is 15.9 Å². The third-order valence-corrected chi connectivity index (χ3v) is 4.05. The van der Waals surface area contributed by atoms with Crippen LogP contribution in [0.4, 0.5) is 8.78 Å². The van der Waals surface area contributed by atoms with Gasteiger partial charge in [-0.25, -0.2) is 8.78 Å². The van der Waals surface area contributed by atoms with E-state index in [1.165, 1.54) is 6.07 Å². The van der Waals surface area contributed by atoms with Crippen LogP contribution in [0.5, 0.6) is 0 Å². The quantitative estimate of drug-likeness (QED) is 0.905. The molecule has 0 spiro atoms. The summed E-state index contributed by atoms with van der Waals surface area (Å²) < 4.78 is 28.1. The first-order valence-electron chi connectivity index (χ1n) is 5.39. The molecule has 1 aliphatic carbocycles. The zero-order chi connectivity index (χ0) is 11.8. The third-order valence-electron chi connectivity index (χ3n) is 3.16. The maximum absolute atomic E-state index is 14.4. The molecule has 16 heavy (non-hydrogen) atoms. The normalized spacial score (nSPS) is 19.5. The van der Waals surface area contributed by atoms with E-state index >= 15 is 0 Å². The lowest BCUT2D eigenvalue weighted by atomic mass is 9.91. The Kier molecular flexibility index (Phi) is 3.31. The van der Waals surface area contributed by atoms with Crippen molar-refractivity contribution in [2.75, 3.05) is 6.54 Å². The molecular weight excluding hydrogens is 276 g/mol. The number of hydrogen-bond donors (Lipinski definition) is 1. The predicted molar refractivity (Wildman–Crippen MR) is 63.4 cm³/mol. The van der Waals surface area contributed by atoms with Crippen LogP contribution < -0.4 is 5.73 Å². The van der Waals surface area contributed by atoms with Gasteiger partial charge in [0.2, 0.25) is 0 Å². The molecule has 2 N–H and O–H groups in total. The largest absolute Gasteiger partial charge is 0.328 e. The lowest BCUT2D eigenvalue weighted by Crippen LogP contribution is -2.37. The highest BCUT2D eigenvalue weighted by Gasteiger charge is 2.45. The molecule has 88 valence electrons. The molecular formula is C12H14BrF2N. The number of alkyl halides is 1. The summed E-state index contributed by atoms with van der Waals surface area (Å²) >= 11 is 3.15. The van der Waals surface area contributed by atoms with Crippen molar-refractivity contribution in [1.82, 2.24) is 0 Å². The zero-order valence-electron chi connectivity index (χ0n) is 8.85. The molecule has 1 aliphatic rings. The summed E-state index contributed by atoms with van der Waals surface area (Å²) in [6.07, 6.45) is 1.97. The average Bonchev–Trinajstić information content (AvgIpc) is 3.08. The van der Waals surface area contributed by atoms with Crippen LogP contribution in [-0.4, -0.2) is 12.2 Å². The van der Waals surface area contributed by atoms with Gasteiger partial charge >= 0.3 is 0 Å². The fourth-order valence-electron chi connectivity index (χ4n) is 1.99. The van der Waals surface area contributed by atoms with Crippen molar-refractivity contribution in [1.29, 1.82) is 0 Å². The van der Waals surface area contributed by atoms with Crippen LogP contribution in [0.15, 0.2) is 22.7 Å². The van der Waals surface area contributed by atoms with E-state index in [4.69, 9.17) is 5.73 Å². The minimum atomic E-state index is -1.38. The molecule has 4 heteroatoms. The first-order chi connectivity index (χ1) is 7.57. The van der Waals surface area contributed by atoms with E-state index in [1.54, 1.807) is 12.1 Å². The van der Waals surface area contributed by atoms with Gasteiger partial charge in [-0.15, -0.1) is 0 Å². The van der Waals surface area contributed by atoms with Gasteiger partial charge in [-0.05, 0) is 46.3 Å². The summed E-state index contributed by atoms with van der Waals surface area (Å²) in [5, 5.41) is 0. The first kappa shape index (κ1) is 12.0. The van der Waals surface area contributed by atoms with Gasteiger partial charge in [0.1, 0.15) is 11.5 Å². The molecule has 1 aromatic carbocycles. The predicted octanol–water partition coefficient (Wildman–Crippen LogP) is 3.21. The van der Waals surface area contributed by atoms with E-state index in [0.29, 0.717) is 10.0 Å². The highest BCUT2D eigenvalue weighted by molar-refractivity contribution is 9.10. The van der Waals surface area contributed by atoms with Gasteiger partial charge in [0.25, 0.3) is 0 Å². The highest BCUT2D eigenvalue weighted by Crippen LogP contribution is 2.44. The third kappa shape index (κ3) is 2.28. The fourth-order valence-corrected chi connectivity index (χ4v) is 2.39. The molecule has 1 saturated carbocycles. The van der Waals surface area contributed by atoms with E-state index in [9.17, 15) is 8.78 Å². The Hall–Kier alpha value is -0.480. The van der Waals surface area contributed by atoms with Crippen LogP contribution in [0.25, 0.3) is 0 Å². The van der Waals surface area contributed by atoms with Crippen molar-refractivity contribution < 1.29 is 8.78 Å². The van der Waals surface area contributed by atoms with Gasteiger partial charge in [0.15, 0.2) is 0 Å². The maximum Gasteiger partial charge on any atom is 0.137 e. The monoisotopic (exact) mass is 289 g/mol. The molecule has 0 amide bonds. The van der Waals surface area contributed by atoms with Gasteiger partial charge in [-0.2, -0.15) is 0 Å². The molecule has 1 nitrogen and oxygen atoms in total. The van der Waals surface area contributed by atoms with Crippen LogP contribution in [0, 0.1) is 11.7 Å². The number of halogens is 3. The molecule has 0 saturated heterocycles. The average molecular weight is 290 g/mol. The Balaban J connectivity index is 2.22. The SMILES string of the molecule is NCC(F)(Cc1cccc(F)c1Br)C1CC1. The lowest BCUT2D eigenvalue weighted by molar-refractivity contribution is 0.142. The number of benzene rings is 1. The highest BCUT2D eigenvalue weighted by atomic mass is 79.9. The Labute approximate surface area is 102 Å². The summed E-state index contributed by atoms with van der Waals surface area (Å²) in [4.78, 5) is 0.